The first-order chi connectivity index (χ1) is 19.9. The zero-order chi connectivity index (χ0) is 33.3. The fraction of sp³-hybridized carbons (Fsp3) is 0.613. The molecule has 0 aliphatic heterocycles. The van der Waals surface area contributed by atoms with Gasteiger partial charge in [0.25, 0.3) is 0 Å². The van der Waals surface area contributed by atoms with E-state index < -0.39 is 17.3 Å². The van der Waals surface area contributed by atoms with E-state index in [-0.39, 0.29) is 24.4 Å². The number of aromatic nitrogens is 2. The van der Waals surface area contributed by atoms with E-state index in [2.05, 4.69) is 32.6 Å². The molecule has 7 N–H and O–H groups in total. The molecule has 1 heterocycles. The lowest BCUT2D eigenvalue weighted by Gasteiger charge is -2.38. The standard InChI is InChI=1S/C21H31FN6O.C5H9F3.C3H6.C2H5N/c1-14(2)27-17(4-5-23)8-18-13-25-19(28-18)6-16(11-24)12-26-20(29)7-15-9-21(3,22)10-15;1-4(2,3)5(6,7)8;1-2-3-1;1-2-3/h4-6,11,13-15,24H,7-10,12,23H2,1-3H3,(H,25,28)(H,26,29);1-3H3;1-3H2;2H,1,3H2/b5-4-,16-6+,24-11?,27-17?;;;. The third kappa shape index (κ3) is 19.4. The third-order valence-electron chi connectivity index (χ3n) is 5.84. The van der Waals surface area contributed by atoms with Gasteiger partial charge in [-0.05, 0) is 69.7 Å². The van der Waals surface area contributed by atoms with Gasteiger partial charge in [-0.2, -0.15) is 13.2 Å². The van der Waals surface area contributed by atoms with E-state index >= 15 is 0 Å². The highest BCUT2D eigenvalue weighted by molar-refractivity contribution is 5.96. The van der Waals surface area contributed by atoms with Crippen LogP contribution in [0.5, 0.6) is 0 Å². The van der Waals surface area contributed by atoms with Crippen molar-refractivity contribution in [3.63, 3.8) is 0 Å². The number of imidazole rings is 1. The minimum atomic E-state index is -4.06. The Bertz CT molecular complexity index is 1060. The molecule has 12 heteroatoms. The van der Waals surface area contributed by atoms with Crippen molar-refractivity contribution in [3.8, 4) is 0 Å². The Hall–Kier alpha value is -3.44. The molecule has 2 aliphatic rings. The second-order valence-corrected chi connectivity index (χ2v) is 12.1. The van der Waals surface area contributed by atoms with Crippen molar-refractivity contribution in [1.29, 1.82) is 5.41 Å². The van der Waals surface area contributed by atoms with E-state index in [0.29, 0.717) is 37.1 Å². The molecule has 43 heavy (non-hydrogen) atoms. The SMILES string of the molecule is C1CC1.C=CN.CC(C)(C)C(F)(F)F.CC(C)N=C(/C=C\N)Cc1cnc(/C=C(\C=N)CNC(=O)CC2CC(C)(F)C2)[nH]1. The van der Waals surface area contributed by atoms with Crippen molar-refractivity contribution in [3.05, 3.63) is 48.3 Å². The number of allylic oxidation sites excluding steroid dienone is 1. The number of rotatable bonds is 10. The van der Waals surface area contributed by atoms with Crippen LogP contribution in [0.25, 0.3) is 6.08 Å². The van der Waals surface area contributed by atoms with Crippen molar-refractivity contribution < 1.29 is 22.4 Å². The molecule has 8 nitrogen and oxygen atoms in total. The van der Waals surface area contributed by atoms with Gasteiger partial charge in [-0.25, -0.2) is 9.37 Å². The Balaban J connectivity index is 0.00000104. The van der Waals surface area contributed by atoms with E-state index in [1.54, 1.807) is 25.3 Å². The van der Waals surface area contributed by atoms with E-state index in [1.165, 1.54) is 37.9 Å². The van der Waals surface area contributed by atoms with E-state index in [1.807, 2.05) is 13.8 Å². The number of nitrogens with zero attached hydrogens (tertiary/aromatic N) is 2. The molecule has 2 aliphatic carbocycles. The fourth-order valence-electron chi connectivity index (χ4n) is 3.47. The number of H-pyrrole nitrogens is 1. The molecule has 3 rings (SSSR count). The van der Waals surface area contributed by atoms with Crippen LogP contribution in [0.1, 0.15) is 91.6 Å². The van der Waals surface area contributed by atoms with Gasteiger partial charge in [0.05, 0.1) is 5.41 Å². The zero-order valence-electron chi connectivity index (χ0n) is 26.5. The van der Waals surface area contributed by atoms with Gasteiger partial charge >= 0.3 is 6.18 Å². The average molecular weight is 614 g/mol. The minimum Gasteiger partial charge on any atom is -0.405 e. The highest BCUT2D eigenvalue weighted by Gasteiger charge is 2.43. The highest BCUT2D eigenvalue weighted by atomic mass is 19.4. The van der Waals surface area contributed by atoms with Crippen molar-refractivity contribution in [1.82, 2.24) is 15.3 Å². The predicted octanol–water partition coefficient (Wildman–Crippen LogP) is 6.81. The van der Waals surface area contributed by atoms with Crippen molar-refractivity contribution in [2.24, 2.45) is 27.8 Å². The molecule has 0 unspecified atom stereocenters. The fourth-order valence-corrected chi connectivity index (χ4v) is 3.47. The normalized spacial score (nSPS) is 19.9. The Morgan fingerprint density at radius 1 is 1.26 bits per heavy atom. The lowest BCUT2D eigenvalue weighted by atomic mass is 9.72. The number of amides is 1. The van der Waals surface area contributed by atoms with Gasteiger partial charge in [-0.1, -0.05) is 46.6 Å². The van der Waals surface area contributed by atoms with Crippen LogP contribution in [0.2, 0.25) is 0 Å². The molecule has 2 saturated carbocycles. The molecule has 1 amide bonds. The Morgan fingerprint density at radius 3 is 2.19 bits per heavy atom. The number of halogens is 4. The molecule has 0 bridgehead atoms. The maximum Gasteiger partial charge on any atom is 0.393 e. The van der Waals surface area contributed by atoms with Crippen molar-refractivity contribution in [2.75, 3.05) is 6.54 Å². The first-order valence-corrected chi connectivity index (χ1v) is 14.4. The number of carbonyl (C=O) groups excluding carboxylic acids is 1. The van der Waals surface area contributed by atoms with E-state index in [0.717, 1.165) is 32.2 Å². The van der Waals surface area contributed by atoms with Crippen LogP contribution in [-0.2, 0) is 11.2 Å². The average Bonchev–Trinajstić information content (AvgIpc) is 3.67. The first kappa shape index (κ1) is 39.6. The molecule has 2 fully saturated rings. The second kappa shape index (κ2) is 19.0. The lowest BCUT2D eigenvalue weighted by Crippen LogP contribution is -2.40. The van der Waals surface area contributed by atoms with Gasteiger partial charge in [0.15, 0.2) is 0 Å². The Morgan fingerprint density at radius 2 is 1.79 bits per heavy atom. The summed E-state index contributed by atoms with van der Waals surface area (Å²) in [6, 6.07) is 0.162. The van der Waals surface area contributed by atoms with Crippen molar-refractivity contribution >= 4 is 23.9 Å². The van der Waals surface area contributed by atoms with Gasteiger partial charge in [0.2, 0.25) is 5.91 Å². The number of nitrogens with one attached hydrogen (secondary N) is 3. The maximum atomic E-state index is 13.5. The number of alkyl halides is 4. The summed E-state index contributed by atoms with van der Waals surface area (Å²) >= 11 is 0. The van der Waals surface area contributed by atoms with Crippen molar-refractivity contribution in [2.45, 2.75) is 104 Å². The molecule has 1 aromatic rings. The number of aromatic amines is 1. The van der Waals surface area contributed by atoms with Crippen LogP contribution in [-0.4, -0.2) is 52.2 Å². The summed E-state index contributed by atoms with van der Waals surface area (Å²) in [5.41, 5.74) is 9.75. The molecule has 0 atom stereocenters. The smallest absolute Gasteiger partial charge is 0.393 e. The number of carbonyl (C=O) groups is 1. The summed E-state index contributed by atoms with van der Waals surface area (Å²) in [5.74, 6) is 0.580. The Kier molecular flexibility index (Phi) is 17.4. The third-order valence-corrected chi connectivity index (χ3v) is 5.84. The number of hydrogen-bond donors (Lipinski definition) is 5. The summed E-state index contributed by atoms with van der Waals surface area (Å²) in [6.07, 6.45) is 11.3. The largest absolute Gasteiger partial charge is 0.405 e. The molecular weight excluding hydrogens is 562 g/mol. The van der Waals surface area contributed by atoms with Crippen LogP contribution in [0.3, 0.4) is 0 Å². The summed E-state index contributed by atoms with van der Waals surface area (Å²) < 4.78 is 48.2. The van der Waals surface area contributed by atoms with Crippen LogP contribution in [0, 0.1) is 16.7 Å². The van der Waals surface area contributed by atoms with Gasteiger partial charge in [-0.15, -0.1) is 0 Å². The molecule has 0 radical (unpaired) electrons. The summed E-state index contributed by atoms with van der Waals surface area (Å²) in [5, 5.41) is 10.4. The van der Waals surface area contributed by atoms with Gasteiger partial charge in [0, 0.05) is 49.2 Å². The summed E-state index contributed by atoms with van der Waals surface area (Å²) in [4.78, 5) is 24.0. The van der Waals surface area contributed by atoms with Gasteiger partial charge in [0.1, 0.15) is 11.5 Å². The lowest BCUT2D eigenvalue weighted by molar-refractivity contribution is -0.204. The van der Waals surface area contributed by atoms with Crippen LogP contribution in [0.15, 0.2) is 41.8 Å². The predicted molar refractivity (Wildman–Crippen MR) is 169 cm³/mol. The van der Waals surface area contributed by atoms with E-state index in [9.17, 15) is 22.4 Å². The zero-order valence-corrected chi connectivity index (χ0v) is 26.5. The topological polar surface area (TPSA) is 146 Å². The second-order valence-electron chi connectivity index (χ2n) is 12.1. The number of nitrogens with two attached hydrogens (primary N) is 2. The van der Waals surface area contributed by atoms with Gasteiger partial charge < -0.3 is 27.2 Å². The first-order valence-electron chi connectivity index (χ1n) is 14.4. The molecule has 0 aromatic carbocycles. The molecule has 0 spiro atoms. The molecule has 244 valence electrons. The number of hydrogen-bond acceptors (Lipinski definition) is 6. The molecular formula is C31H51F4N7O. The minimum absolute atomic E-state index is 0.106. The van der Waals surface area contributed by atoms with E-state index in [4.69, 9.17) is 11.1 Å². The van der Waals surface area contributed by atoms with Crippen LogP contribution < -0.4 is 16.8 Å². The Labute approximate surface area is 254 Å². The number of aliphatic imine (C=N–C) groups is 1. The summed E-state index contributed by atoms with van der Waals surface area (Å²) in [7, 11) is 0. The van der Waals surface area contributed by atoms with Gasteiger partial charge in [-0.3, -0.25) is 9.79 Å². The van der Waals surface area contributed by atoms with Crippen LogP contribution in [0.4, 0.5) is 17.6 Å². The summed E-state index contributed by atoms with van der Waals surface area (Å²) in [6.45, 7) is 12.4. The quantitative estimate of drug-likeness (QED) is 0.146. The maximum absolute atomic E-state index is 13.5. The van der Waals surface area contributed by atoms with Crippen LogP contribution >= 0.6 is 0 Å². The highest BCUT2D eigenvalue weighted by Crippen LogP contribution is 2.42. The molecule has 0 saturated heterocycles. The monoisotopic (exact) mass is 613 g/mol. The molecule has 1 aromatic heterocycles.